The molecule has 0 saturated heterocycles. The van der Waals surface area contributed by atoms with E-state index in [0.29, 0.717) is 19.3 Å². The minimum absolute atomic E-state index is 0.457. The van der Waals surface area contributed by atoms with E-state index in [0.717, 1.165) is 56.8 Å². The number of ether oxygens (including phenoxy) is 2. The van der Waals surface area contributed by atoms with E-state index >= 15 is 0 Å². The van der Waals surface area contributed by atoms with Crippen LogP contribution in [0.4, 0.5) is 0 Å². The molecule has 4 aliphatic carbocycles. The van der Waals surface area contributed by atoms with E-state index < -0.39 is 0 Å². The second kappa shape index (κ2) is 9.33. The van der Waals surface area contributed by atoms with E-state index in [1.54, 1.807) is 0 Å². The van der Waals surface area contributed by atoms with Crippen LogP contribution in [-0.4, -0.2) is 12.6 Å². The fourth-order valence-electron chi connectivity index (χ4n) is 6.37. The van der Waals surface area contributed by atoms with E-state index in [9.17, 15) is 0 Å². The SMILES string of the molecule is CCOc1cc(CNC2C3CC4CC(C3)CC2C4)c(Br)cc1OCc1cccc(Cl)c1. The van der Waals surface area contributed by atoms with Gasteiger partial charge in [0.05, 0.1) is 6.61 Å². The summed E-state index contributed by atoms with van der Waals surface area (Å²) in [6.45, 7) is 3.94. The lowest BCUT2D eigenvalue weighted by Crippen LogP contribution is -2.54. The summed E-state index contributed by atoms with van der Waals surface area (Å²) in [6.07, 6.45) is 7.25. The average Bonchev–Trinajstić information content (AvgIpc) is 2.73. The molecule has 2 aromatic rings. The van der Waals surface area contributed by atoms with Gasteiger partial charge >= 0.3 is 0 Å². The monoisotopic (exact) mass is 503 g/mol. The van der Waals surface area contributed by atoms with Crippen LogP contribution in [-0.2, 0) is 13.2 Å². The van der Waals surface area contributed by atoms with Crippen molar-refractivity contribution < 1.29 is 9.47 Å². The lowest BCUT2D eigenvalue weighted by Gasteiger charge is -2.54. The molecule has 3 nitrogen and oxygen atoms in total. The topological polar surface area (TPSA) is 30.5 Å². The van der Waals surface area contributed by atoms with Crippen LogP contribution < -0.4 is 14.8 Å². The van der Waals surface area contributed by atoms with Gasteiger partial charge in [-0.15, -0.1) is 0 Å². The zero-order valence-corrected chi connectivity index (χ0v) is 20.4. The summed E-state index contributed by atoms with van der Waals surface area (Å²) in [6, 6.07) is 12.6. The van der Waals surface area contributed by atoms with Gasteiger partial charge in [-0.25, -0.2) is 0 Å². The van der Waals surface area contributed by atoms with Crippen LogP contribution in [0.15, 0.2) is 40.9 Å². The maximum absolute atomic E-state index is 6.10. The average molecular weight is 505 g/mol. The van der Waals surface area contributed by atoms with Crippen molar-refractivity contribution in [2.45, 2.75) is 58.2 Å². The fourth-order valence-corrected chi connectivity index (χ4v) is 7.04. The number of hydrogen-bond donors (Lipinski definition) is 1. The molecule has 0 heterocycles. The van der Waals surface area contributed by atoms with Crippen LogP contribution in [0.3, 0.4) is 0 Å². The Hall–Kier alpha value is -1.23. The van der Waals surface area contributed by atoms with E-state index in [1.807, 2.05) is 37.3 Å². The molecular formula is C26H31BrClNO2. The molecule has 166 valence electrons. The Morgan fingerprint density at radius 2 is 1.68 bits per heavy atom. The first-order valence-electron chi connectivity index (χ1n) is 11.6. The minimum Gasteiger partial charge on any atom is -0.490 e. The van der Waals surface area contributed by atoms with Gasteiger partial charge in [-0.1, -0.05) is 39.7 Å². The number of hydrogen-bond acceptors (Lipinski definition) is 3. The molecule has 0 radical (unpaired) electrons. The molecular weight excluding hydrogens is 474 g/mol. The summed E-state index contributed by atoms with van der Waals surface area (Å²) in [7, 11) is 0. The number of halogens is 2. The van der Waals surface area contributed by atoms with Crippen molar-refractivity contribution in [3.63, 3.8) is 0 Å². The summed E-state index contributed by atoms with van der Waals surface area (Å²) < 4.78 is 13.1. The second-order valence-electron chi connectivity index (χ2n) is 9.58. The Morgan fingerprint density at radius 3 is 2.35 bits per heavy atom. The van der Waals surface area contributed by atoms with E-state index in [4.69, 9.17) is 21.1 Å². The molecule has 5 heteroatoms. The summed E-state index contributed by atoms with van der Waals surface area (Å²) in [5, 5.41) is 4.65. The number of rotatable bonds is 8. The van der Waals surface area contributed by atoms with Crippen molar-refractivity contribution in [3.05, 3.63) is 57.0 Å². The highest BCUT2D eigenvalue weighted by molar-refractivity contribution is 9.10. The van der Waals surface area contributed by atoms with E-state index in [-0.39, 0.29) is 0 Å². The van der Waals surface area contributed by atoms with Gasteiger partial charge in [0.15, 0.2) is 11.5 Å². The molecule has 0 atom stereocenters. The Bertz CT molecular complexity index is 906. The highest BCUT2D eigenvalue weighted by Crippen LogP contribution is 2.53. The summed E-state index contributed by atoms with van der Waals surface area (Å²) >= 11 is 9.88. The third-order valence-corrected chi connectivity index (χ3v) is 8.42. The summed E-state index contributed by atoms with van der Waals surface area (Å²) in [5.41, 5.74) is 2.27. The van der Waals surface area contributed by atoms with Crippen molar-refractivity contribution in [3.8, 4) is 11.5 Å². The molecule has 4 saturated carbocycles. The molecule has 31 heavy (non-hydrogen) atoms. The zero-order chi connectivity index (χ0) is 21.4. The van der Waals surface area contributed by atoms with Gasteiger partial charge in [0.25, 0.3) is 0 Å². The van der Waals surface area contributed by atoms with Gasteiger partial charge in [0.1, 0.15) is 6.61 Å². The molecule has 2 aromatic carbocycles. The molecule has 0 unspecified atom stereocenters. The number of benzene rings is 2. The van der Waals surface area contributed by atoms with Gasteiger partial charge in [-0.2, -0.15) is 0 Å². The van der Waals surface area contributed by atoms with Crippen LogP contribution in [0.5, 0.6) is 11.5 Å². The Labute approximate surface area is 199 Å². The first kappa shape index (κ1) is 21.6. The van der Waals surface area contributed by atoms with Gasteiger partial charge in [0.2, 0.25) is 0 Å². The van der Waals surface area contributed by atoms with Crippen molar-refractivity contribution in [2.24, 2.45) is 23.7 Å². The van der Waals surface area contributed by atoms with Gasteiger partial charge in [-0.05, 0) is 98.1 Å². The maximum atomic E-state index is 6.10. The molecule has 0 aromatic heterocycles. The second-order valence-corrected chi connectivity index (χ2v) is 10.9. The predicted octanol–water partition coefficient (Wildman–Crippen LogP) is 6.99. The molecule has 0 spiro atoms. The standard InChI is InChI=1S/C26H31BrClNO2/c1-2-30-24-12-21(14-29-26-19-7-17-6-18(9-19)10-20(26)8-17)23(27)13-25(24)31-15-16-4-3-5-22(28)11-16/h3-5,11-13,17-20,26,29H,2,6-10,14-15H2,1H3. The fraction of sp³-hybridized carbons (Fsp3) is 0.538. The largest absolute Gasteiger partial charge is 0.490 e. The summed E-state index contributed by atoms with van der Waals surface area (Å²) in [4.78, 5) is 0. The third-order valence-electron chi connectivity index (χ3n) is 7.45. The molecule has 4 bridgehead atoms. The van der Waals surface area contributed by atoms with Gasteiger partial charge in [-0.3, -0.25) is 0 Å². The van der Waals surface area contributed by atoms with Crippen LogP contribution in [0.2, 0.25) is 5.02 Å². The highest BCUT2D eigenvalue weighted by Gasteiger charge is 2.47. The molecule has 4 fully saturated rings. The quantitative estimate of drug-likeness (QED) is 0.420. The molecule has 6 rings (SSSR count). The van der Waals surface area contributed by atoms with E-state index in [1.165, 1.54) is 37.7 Å². The van der Waals surface area contributed by atoms with Gasteiger partial charge in [0, 0.05) is 22.1 Å². The minimum atomic E-state index is 0.457. The normalized spacial score (nSPS) is 28.7. The van der Waals surface area contributed by atoms with Crippen molar-refractivity contribution in [2.75, 3.05) is 6.61 Å². The van der Waals surface area contributed by atoms with Crippen LogP contribution in [0.25, 0.3) is 0 Å². The molecule has 0 aliphatic heterocycles. The third kappa shape index (κ3) is 4.77. The molecule has 0 amide bonds. The smallest absolute Gasteiger partial charge is 0.162 e. The Balaban J connectivity index is 1.27. The van der Waals surface area contributed by atoms with Crippen molar-refractivity contribution in [1.82, 2.24) is 5.32 Å². The Morgan fingerprint density at radius 1 is 0.968 bits per heavy atom. The Kier molecular flexibility index (Phi) is 6.50. The van der Waals surface area contributed by atoms with Crippen LogP contribution in [0, 0.1) is 23.7 Å². The molecule has 4 aliphatic rings. The first-order chi connectivity index (χ1) is 15.1. The van der Waals surface area contributed by atoms with Crippen molar-refractivity contribution in [1.29, 1.82) is 0 Å². The van der Waals surface area contributed by atoms with Gasteiger partial charge < -0.3 is 14.8 Å². The van der Waals surface area contributed by atoms with E-state index in [2.05, 4.69) is 27.3 Å². The number of nitrogens with one attached hydrogen (secondary N) is 1. The first-order valence-corrected chi connectivity index (χ1v) is 12.8. The maximum Gasteiger partial charge on any atom is 0.162 e. The van der Waals surface area contributed by atoms with Crippen LogP contribution >= 0.6 is 27.5 Å². The molecule has 1 N–H and O–H groups in total. The lowest BCUT2D eigenvalue weighted by atomic mass is 9.54. The van der Waals surface area contributed by atoms with Crippen molar-refractivity contribution >= 4 is 27.5 Å². The van der Waals surface area contributed by atoms with Crippen LogP contribution in [0.1, 0.15) is 50.2 Å². The lowest BCUT2D eigenvalue weighted by molar-refractivity contribution is -0.0142. The summed E-state index contributed by atoms with van der Waals surface area (Å²) in [5.74, 6) is 5.32. The predicted molar refractivity (Wildman–Crippen MR) is 129 cm³/mol. The zero-order valence-electron chi connectivity index (χ0n) is 18.1. The highest BCUT2D eigenvalue weighted by atomic mass is 79.9.